The number of rotatable bonds is 5. The van der Waals surface area contributed by atoms with Crippen LogP contribution >= 0.6 is 11.3 Å². The molecule has 0 unspecified atom stereocenters. The molecule has 2 heterocycles. The molecule has 0 bridgehead atoms. The highest BCUT2D eigenvalue weighted by Crippen LogP contribution is 2.24. The number of oxazole rings is 1. The van der Waals surface area contributed by atoms with Crippen LogP contribution in [0.15, 0.2) is 64.7 Å². The number of hydrogen-bond donors (Lipinski definition) is 1. The number of hydrogen-bond acceptors (Lipinski definition) is 7. The molecule has 2 aromatic heterocycles. The summed E-state index contributed by atoms with van der Waals surface area (Å²) in [6.07, 6.45) is 1.30. The lowest BCUT2D eigenvalue weighted by Crippen LogP contribution is -2.20. The highest BCUT2D eigenvalue weighted by atomic mass is 32.1. The summed E-state index contributed by atoms with van der Waals surface area (Å²) in [5, 5.41) is 4.92. The first-order chi connectivity index (χ1) is 13.2. The third-order valence-corrected chi connectivity index (χ3v) is 4.48. The first-order valence-electron chi connectivity index (χ1n) is 8.00. The van der Waals surface area contributed by atoms with E-state index in [4.69, 9.17) is 9.15 Å². The van der Waals surface area contributed by atoms with E-state index < -0.39 is 18.5 Å². The van der Waals surface area contributed by atoms with E-state index in [9.17, 15) is 9.59 Å². The van der Waals surface area contributed by atoms with Gasteiger partial charge in [0.2, 0.25) is 0 Å². The van der Waals surface area contributed by atoms with E-state index in [1.165, 1.54) is 23.8 Å². The Balaban J connectivity index is 1.34. The van der Waals surface area contributed by atoms with Crippen LogP contribution in [-0.4, -0.2) is 28.5 Å². The number of thiazole rings is 1. The van der Waals surface area contributed by atoms with Crippen molar-refractivity contribution in [2.24, 2.45) is 0 Å². The van der Waals surface area contributed by atoms with E-state index in [0.717, 1.165) is 11.3 Å². The number of benzene rings is 2. The Bertz CT molecular complexity index is 1100. The fourth-order valence-corrected chi connectivity index (χ4v) is 3.16. The first kappa shape index (κ1) is 16.9. The van der Waals surface area contributed by atoms with Crippen molar-refractivity contribution in [3.05, 3.63) is 65.9 Å². The maximum atomic E-state index is 12.1. The highest BCUT2D eigenvalue weighted by Gasteiger charge is 2.13. The lowest BCUT2D eigenvalue weighted by molar-refractivity contribution is -0.119. The Morgan fingerprint density at radius 3 is 2.85 bits per heavy atom. The smallest absolute Gasteiger partial charge is 0.338 e. The quantitative estimate of drug-likeness (QED) is 0.531. The summed E-state index contributed by atoms with van der Waals surface area (Å²) < 4.78 is 10.2. The van der Waals surface area contributed by atoms with Crippen molar-refractivity contribution in [1.82, 2.24) is 9.97 Å². The third-order valence-electron chi connectivity index (χ3n) is 3.72. The van der Waals surface area contributed by atoms with Gasteiger partial charge in [0, 0.05) is 10.9 Å². The van der Waals surface area contributed by atoms with Crippen molar-refractivity contribution in [1.29, 1.82) is 0 Å². The molecule has 8 heteroatoms. The van der Waals surface area contributed by atoms with Crippen LogP contribution in [-0.2, 0) is 9.53 Å². The van der Waals surface area contributed by atoms with Crippen LogP contribution in [0.2, 0.25) is 0 Å². The second-order valence-corrected chi connectivity index (χ2v) is 6.42. The molecule has 2 aromatic carbocycles. The molecule has 0 atom stereocenters. The van der Waals surface area contributed by atoms with Gasteiger partial charge < -0.3 is 9.15 Å². The summed E-state index contributed by atoms with van der Waals surface area (Å²) in [5.41, 5.74) is 3.14. The summed E-state index contributed by atoms with van der Waals surface area (Å²) >= 11 is 1.30. The van der Waals surface area contributed by atoms with Crippen molar-refractivity contribution in [3.8, 4) is 11.3 Å². The average molecular weight is 379 g/mol. The van der Waals surface area contributed by atoms with Gasteiger partial charge in [0.05, 0.1) is 11.3 Å². The predicted octanol–water partition coefficient (Wildman–Crippen LogP) is 3.75. The molecule has 4 aromatic rings. The molecule has 0 saturated carbocycles. The molecule has 27 heavy (non-hydrogen) atoms. The molecule has 1 amide bonds. The van der Waals surface area contributed by atoms with Crippen molar-refractivity contribution in [2.45, 2.75) is 0 Å². The zero-order chi connectivity index (χ0) is 18.6. The minimum absolute atomic E-state index is 0.285. The van der Waals surface area contributed by atoms with E-state index in [2.05, 4.69) is 15.3 Å². The van der Waals surface area contributed by atoms with Crippen molar-refractivity contribution < 1.29 is 18.7 Å². The van der Waals surface area contributed by atoms with Gasteiger partial charge >= 0.3 is 5.97 Å². The molecule has 0 aliphatic rings. The number of nitrogens with one attached hydrogen (secondary N) is 1. The maximum absolute atomic E-state index is 12.1. The summed E-state index contributed by atoms with van der Waals surface area (Å²) in [7, 11) is 0. The maximum Gasteiger partial charge on any atom is 0.338 e. The summed E-state index contributed by atoms with van der Waals surface area (Å²) in [5.74, 6) is -1.08. The molecule has 0 aliphatic carbocycles. The van der Waals surface area contributed by atoms with Gasteiger partial charge in [-0.1, -0.05) is 30.3 Å². The third kappa shape index (κ3) is 3.85. The molecule has 134 valence electrons. The van der Waals surface area contributed by atoms with E-state index in [1.807, 2.05) is 35.7 Å². The van der Waals surface area contributed by atoms with Gasteiger partial charge in [-0.25, -0.2) is 14.8 Å². The molecule has 4 rings (SSSR count). The number of aromatic nitrogens is 2. The van der Waals surface area contributed by atoms with Crippen molar-refractivity contribution in [3.63, 3.8) is 0 Å². The number of fused-ring (bicyclic) bond motifs is 1. The van der Waals surface area contributed by atoms with Gasteiger partial charge in [0.25, 0.3) is 5.91 Å². The number of carbonyl (C=O) groups is 2. The van der Waals surface area contributed by atoms with Crippen LogP contribution in [0.1, 0.15) is 10.4 Å². The monoisotopic (exact) mass is 379 g/mol. The molecule has 0 fully saturated rings. The second kappa shape index (κ2) is 7.38. The topological polar surface area (TPSA) is 94.3 Å². The lowest BCUT2D eigenvalue weighted by Gasteiger charge is -2.04. The second-order valence-electron chi connectivity index (χ2n) is 5.56. The fraction of sp³-hybridized carbons (Fsp3) is 0.0526. The lowest BCUT2D eigenvalue weighted by atomic mass is 10.2. The molecule has 0 radical (unpaired) electrons. The predicted molar refractivity (Wildman–Crippen MR) is 100 cm³/mol. The summed E-state index contributed by atoms with van der Waals surface area (Å²) in [6.45, 7) is -0.409. The minimum atomic E-state index is -0.618. The van der Waals surface area contributed by atoms with E-state index in [1.54, 1.807) is 12.1 Å². The van der Waals surface area contributed by atoms with Gasteiger partial charge in [0.15, 0.2) is 23.7 Å². The Kier molecular flexibility index (Phi) is 4.63. The van der Waals surface area contributed by atoms with E-state index in [-0.39, 0.29) is 5.56 Å². The molecule has 0 saturated heterocycles. The molecule has 0 spiro atoms. The van der Waals surface area contributed by atoms with Gasteiger partial charge in [-0.05, 0) is 18.2 Å². The van der Waals surface area contributed by atoms with Crippen LogP contribution in [0.4, 0.5) is 5.13 Å². The largest absolute Gasteiger partial charge is 0.452 e. The first-order valence-corrected chi connectivity index (χ1v) is 8.88. The zero-order valence-corrected chi connectivity index (χ0v) is 14.7. The normalized spacial score (nSPS) is 10.7. The summed E-state index contributed by atoms with van der Waals surface area (Å²) in [6, 6.07) is 14.4. The zero-order valence-electron chi connectivity index (χ0n) is 13.9. The number of esters is 1. The van der Waals surface area contributed by atoms with E-state index in [0.29, 0.717) is 16.2 Å². The van der Waals surface area contributed by atoms with Crippen LogP contribution in [0.25, 0.3) is 22.4 Å². The standard InChI is InChI=1S/C19H13N3O4S/c23-17(22-19-21-15(10-27-19)12-4-2-1-3-5-12)9-25-18(24)13-6-7-14-16(8-13)26-11-20-14/h1-8,10-11H,9H2,(H,21,22,23). The molecule has 1 N–H and O–H groups in total. The number of carbonyl (C=O) groups excluding carboxylic acids is 2. The van der Waals surface area contributed by atoms with Gasteiger partial charge in [0.1, 0.15) is 5.52 Å². The highest BCUT2D eigenvalue weighted by molar-refractivity contribution is 7.14. The van der Waals surface area contributed by atoms with Crippen LogP contribution in [0.5, 0.6) is 0 Å². The fourth-order valence-electron chi connectivity index (χ4n) is 2.42. The summed E-state index contributed by atoms with van der Waals surface area (Å²) in [4.78, 5) is 32.4. The number of anilines is 1. The Labute approximate surface area is 157 Å². The van der Waals surface area contributed by atoms with Crippen LogP contribution in [0.3, 0.4) is 0 Å². The van der Waals surface area contributed by atoms with Crippen LogP contribution in [0, 0.1) is 0 Å². The van der Waals surface area contributed by atoms with Crippen LogP contribution < -0.4 is 5.32 Å². The average Bonchev–Trinajstić information content (AvgIpc) is 3.35. The Morgan fingerprint density at radius 2 is 2.00 bits per heavy atom. The van der Waals surface area contributed by atoms with Gasteiger partial charge in [-0.3, -0.25) is 10.1 Å². The molecular formula is C19H13N3O4S. The Hall–Kier alpha value is -3.52. The Morgan fingerprint density at radius 1 is 1.15 bits per heavy atom. The van der Waals surface area contributed by atoms with E-state index >= 15 is 0 Å². The minimum Gasteiger partial charge on any atom is -0.452 e. The number of amides is 1. The SMILES string of the molecule is O=C(COC(=O)c1ccc2ncoc2c1)Nc1nc(-c2ccccc2)cs1. The van der Waals surface area contributed by atoms with Gasteiger partial charge in [-0.15, -0.1) is 11.3 Å². The molecule has 0 aliphatic heterocycles. The molecular weight excluding hydrogens is 366 g/mol. The van der Waals surface area contributed by atoms with Gasteiger partial charge in [-0.2, -0.15) is 0 Å². The number of nitrogens with zero attached hydrogens (tertiary/aromatic N) is 2. The molecule has 7 nitrogen and oxygen atoms in total. The number of ether oxygens (including phenoxy) is 1. The van der Waals surface area contributed by atoms with Crippen molar-refractivity contribution in [2.75, 3.05) is 11.9 Å². The van der Waals surface area contributed by atoms with Crippen molar-refractivity contribution >= 4 is 39.4 Å².